The minimum Gasteiger partial charge on any atom is -0.449 e. The number of anilines is 1. The van der Waals surface area contributed by atoms with Crippen LogP contribution in [0.1, 0.15) is 54.4 Å². The second kappa shape index (κ2) is 6.29. The second-order valence-electron chi connectivity index (χ2n) is 6.02. The fraction of sp³-hybridized carbons (Fsp3) is 0.529. The Balaban J connectivity index is 1.53. The van der Waals surface area contributed by atoms with Crippen molar-refractivity contribution >= 4 is 17.6 Å². The third-order valence-corrected chi connectivity index (χ3v) is 4.45. The first-order valence-corrected chi connectivity index (χ1v) is 7.82. The summed E-state index contributed by atoms with van der Waals surface area (Å²) in [5, 5.41) is 2.72. The second-order valence-corrected chi connectivity index (χ2v) is 6.02. The van der Waals surface area contributed by atoms with E-state index in [-0.39, 0.29) is 5.78 Å². The van der Waals surface area contributed by atoms with Gasteiger partial charge in [0.15, 0.2) is 5.78 Å². The van der Waals surface area contributed by atoms with Gasteiger partial charge in [-0.25, -0.2) is 4.79 Å². The lowest BCUT2D eigenvalue weighted by molar-refractivity contribution is 0.0994. The highest BCUT2D eigenvalue weighted by Crippen LogP contribution is 2.26. The van der Waals surface area contributed by atoms with E-state index in [1.54, 1.807) is 6.07 Å². The van der Waals surface area contributed by atoms with Crippen LogP contribution in [0.3, 0.4) is 0 Å². The summed E-state index contributed by atoms with van der Waals surface area (Å²) in [6.45, 7) is 0.496. The van der Waals surface area contributed by atoms with Crippen molar-refractivity contribution in [2.24, 2.45) is 5.92 Å². The van der Waals surface area contributed by atoms with Crippen LogP contribution in [0.5, 0.6) is 0 Å². The van der Waals surface area contributed by atoms with Crippen LogP contribution >= 0.6 is 0 Å². The molecule has 0 aromatic heterocycles. The summed E-state index contributed by atoms with van der Waals surface area (Å²) in [6, 6.07) is 5.50. The molecule has 3 rings (SSSR count). The van der Waals surface area contributed by atoms with E-state index in [9.17, 15) is 9.59 Å². The number of carbonyl (C=O) groups is 2. The van der Waals surface area contributed by atoms with Gasteiger partial charge >= 0.3 is 6.09 Å². The number of amides is 1. The number of rotatable bonds is 3. The molecule has 1 amide bonds. The molecule has 1 aromatic carbocycles. The molecule has 0 atom stereocenters. The minimum absolute atomic E-state index is 0.157. The van der Waals surface area contributed by atoms with Crippen molar-refractivity contribution in [1.82, 2.24) is 0 Å². The van der Waals surface area contributed by atoms with Gasteiger partial charge in [-0.1, -0.05) is 25.3 Å². The molecule has 1 N–H and O–H groups in total. The molecule has 0 unspecified atom stereocenters. The SMILES string of the molecule is O=C(Nc1ccc2c(c1)C(=O)CC2)OCC1CCCCC1. The first-order valence-electron chi connectivity index (χ1n) is 7.82. The fourth-order valence-corrected chi connectivity index (χ4v) is 3.22. The lowest BCUT2D eigenvalue weighted by Crippen LogP contribution is -2.20. The number of hydrogen-bond donors (Lipinski definition) is 1. The molecule has 2 aliphatic rings. The largest absolute Gasteiger partial charge is 0.449 e. The van der Waals surface area contributed by atoms with Gasteiger partial charge < -0.3 is 4.74 Å². The first-order chi connectivity index (χ1) is 10.2. The van der Waals surface area contributed by atoms with Gasteiger partial charge in [0.1, 0.15) is 0 Å². The van der Waals surface area contributed by atoms with E-state index < -0.39 is 6.09 Å². The summed E-state index contributed by atoms with van der Waals surface area (Å²) in [5.74, 6) is 0.662. The van der Waals surface area contributed by atoms with E-state index in [1.807, 2.05) is 12.1 Å². The molecule has 1 aromatic rings. The average molecular weight is 287 g/mol. The van der Waals surface area contributed by atoms with Crippen LogP contribution in [0.4, 0.5) is 10.5 Å². The Morgan fingerprint density at radius 1 is 1.19 bits per heavy atom. The Morgan fingerprint density at radius 2 is 2.00 bits per heavy atom. The van der Waals surface area contributed by atoms with Crippen LogP contribution < -0.4 is 5.32 Å². The number of Topliss-reactive ketones (excluding diaryl/α,β-unsaturated/α-hetero) is 1. The quantitative estimate of drug-likeness (QED) is 0.916. The summed E-state index contributed by atoms with van der Waals surface area (Å²) >= 11 is 0. The standard InChI is InChI=1S/C17H21NO3/c19-16-9-7-13-6-8-14(10-15(13)16)18-17(20)21-11-12-4-2-1-3-5-12/h6,8,10,12H,1-5,7,9,11H2,(H,18,20). The summed E-state index contributed by atoms with van der Waals surface area (Å²) in [5.41, 5.74) is 2.44. The number of ketones is 1. The van der Waals surface area contributed by atoms with Gasteiger partial charge in [0.05, 0.1) is 6.61 Å². The number of benzene rings is 1. The molecule has 0 aliphatic heterocycles. The van der Waals surface area contributed by atoms with E-state index in [4.69, 9.17) is 4.74 Å². The molecule has 4 heteroatoms. The predicted molar refractivity (Wildman–Crippen MR) is 80.6 cm³/mol. The van der Waals surface area contributed by atoms with E-state index >= 15 is 0 Å². The predicted octanol–water partition coefficient (Wildman–Crippen LogP) is 3.94. The van der Waals surface area contributed by atoms with Crippen LogP contribution in [0.2, 0.25) is 0 Å². The molecule has 0 bridgehead atoms. The van der Waals surface area contributed by atoms with Crippen molar-refractivity contribution in [2.45, 2.75) is 44.9 Å². The van der Waals surface area contributed by atoms with E-state index in [0.29, 0.717) is 24.6 Å². The van der Waals surface area contributed by atoms with Gasteiger partial charge in [-0.2, -0.15) is 0 Å². The highest BCUT2D eigenvalue weighted by atomic mass is 16.5. The molecule has 21 heavy (non-hydrogen) atoms. The third-order valence-electron chi connectivity index (χ3n) is 4.45. The molecule has 0 heterocycles. The maximum atomic E-state index is 11.8. The Bertz CT molecular complexity index is 547. The Morgan fingerprint density at radius 3 is 2.81 bits per heavy atom. The van der Waals surface area contributed by atoms with Gasteiger partial charge in [-0.05, 0) is 42.9 Å². The first kappa shape index (κ1) is 14.1. The average Bonchev–Trinajstić information content (AvgIpc) is 2.87. The maximum absolute atomic E-state index is 11.8. The molecule has 0 spiro atoms. The molecule has 0 radical (unpaired) electrons. The Hall–Kier alpha value is -1.84. The number of carbonyl (C=O) groups excluding carboxylic acids is 2. The summed E-state index contributed by atoms with van der Waals surface area (Å²) in [6.07, 6.45) is 7.04. The Labute approximate surface area is 124 Å². The molecule has 2 aliphatic carbocycles. The van der Waals surface area contributed by atoms with Gasteiger partial charge in [0.25, 0.3) is 0 Å². The van der Waals surface area contributed by atoms with Crippen LogP contribution in [0.15, 0.2) is 18.2 Å². The summed E-state index contributed by atoms with van der Waals surface area (Å²) < 4.78 is 5.30. The van der Waals surface area contributed by atoms with Gasteiger partial charge in [-0.15, -0.1) is 0 Å². The van der Waals surface area contributed by atoms with E-state index in [0.717, 1.165) is 30.4 Å². The normalized spacial score (nSPS) is 18.4. The van der Waals surface area contributed by atoms with Gasteiger partial charge in [0.2, 0.25) is 0 Å². The van der Waals surface area contributed by atoms with Crippen LogP contribution in [0, 0.1) is 5.92 Å². The fourth-order valence-electron chi connectivity index (χ4n) is 3.22. The van der Waals surface area contributed by atoms with Crippen molar-refractivity contribution in [2.75, 3.05) is 11.9 Å². The van der Waals surface area contributed by atoms with Crippen LogP contribution in [0.25, 0.3) is 0 Å². The number of aryl methyl sites for hydroxylation is 1. The highest BCUT2D eigenvalue weighted by molar-refractivity contribution is 6.01. The summed E-state index contributed by atoms with van der Waals surface area (Å²) in [4.78, 5) is 23.5. The van der Waals surface area contributed by atoms with Crippen LogP contribution in [-0.4, -0.2) is 18.5 Å². The minimum atomic E-state index is -0.425. The molecule has 1 saturated carbocycles. The zero-order chi connectivity index (χ0) is 14.7. The third kappa shape index (κ3) is 3.43. The molecule has 1 fully saturated rings. The van der Waals surface area contributed by atoms with Gasteiger partial charge in [-0.3, -0.25) is 10.1 Å². The van der Waals surface area contributed by atoms with Crippen molar-refractivity contribution in [3.05, 3.63) is 29.3 Å². The van der Waals surface area contributed by atoms with Gasteiger partial charge in [0, 0.05) is 17.7 Å². The smallest absolute Gasteiger partial charge is 0.411 e. The Kier molecular flexibility index (Phi) is 4.23. The molecular formula is C17H21NO3. The lowest BCUT2D eigenvalue weighted by atomic mass is 9.90. The number of fused-ring (bicyclic) bond motifs is 1. The zero-order valence-electron chi connectivity index (χ0n) is 12.2. The molecule has 112 valence electrons. The van der Waals surface area contributed by atoms with Crippen molar-refractivity contribution in [3.8, 4) is 0 Å². The van der Waals surface area contributed by atoms with E-state index in [1.165, 1.54) is 19.3 Å². The van der Waals surface area contributed by atoms with E-state index in [2.05, 4.69) is 5.32 Å². The number of ether oxygens (including phenoxy) is 1. The zero-order valence-corrected chi connectivity index (χ0v) is 12.2. The topological polar surface area (TPSA) is 55.4 Å². The van der Waals surface area contributed by atoms with Crippen molar-refractivity contribution < 1.29 is 14.3 Å². The van der Waals surface area contributed by atoms with Crippen molar-refractivity contribution in [3.63, 3.8) is 0 Å². The number of nitrogens with one attached hydrogen (secondary N) is 1. The molecule has 0 saturated heterocycles. The summed E-state index contributed by atoms with van der Waals surface area (Å²) in [7, 11) is 0. The monoisotopic (exact) mass is 287 g/mol. The highest BCUT2D eigenvalue weighted by Gasteiger charge is 2.20. The van der Waals surface area contributed by atoms with Crippen molar-refractivity contribution in [1.29, 1.82) is 0 Å². The number of hydrogen-bond acceptors (Lipinski definition) is 3. The maximum Gasteiger partial charge on any atom is 0.411 e. The molecular weight excluding hydrogens is 266 g/mol. The van der Waals surface area contributed by atoms with Crippen LogP contribution in [-0.2, 0) is 11.2 Å². The lowest BCUT2D eigenvalue weighted by Gasteiger charge is -2.21. The molecule has 4 nitrogen and oxygen atoms in total.